The molecule has 0 aliphatic rings. The summed E-state index contributed by atoms with van der Waals surface area (Å²) in [5, 5.41) is 19.1. The van der Waals surface area contributed by atoms with Crippen LogP contribution in [-0.4, -0.2) is 22.7 Å². The molecule has 0 spiro atoms. The van der Waals surface area contributed by atoms with Crippen LogP contribution in [0.1, 0.15) is 12.5 Å². The Balaban J connectivity index is 1.80. The van der Waals surface area contributed by atoms with Crippen molar-refractivity contribution in [3.05, 3.63) is 70.3 Å². The van der Waals surface area contributed by atoms with Crippen LogP contribution in [0.5, 0.6) is 5.75 Å². The van der Waals surface area contributed by atoms with Gasteiger partial charge in [0.25, 0.3) is 5.91 Å². The monoisotopic (exact) mass is 436 g/mol. The lowest BCUT2D eigenvalue weighted by molar-refractivity contribution is -0.112. The van der Waals surface area contributed by atoms with E-state index in [-0.39, 0.29) is 5.57 Å². The van der Waals surface area contributed by atoms with Crippen LogP contribution in [-0.2, 0) is 4.79 Å². The first-order valence-corrected chi connectivity index (χ1v) is 9.35. The Morgan fingerprint density at radius 2 is 1.96 bits per heavy atom. The van der Waals surface area contributed by atoms with Gasteiger partial charge in [-0.1, -0.05) is 28.1 Å². The van der Waals surface area contributed by atoms with Crippen molar-refractivity contribution in [2.24, 2.45) is 0 Å². The summed E-state index contributed by atoms with van der Waals surface area (Å²) in [4.78, 5) is 12.5. The van der Waals surface area contributed by atoms with E-state index in [4.69, 9.17) is 4.74 Å². The maximum absolute atomic E-state index is 12.5. The lowest BCUT2D eigenvalue weighted by Crippen LogP contribution is -2.13. The number of ether oxygens (including phenoxy) is 1. The number of hydrogen-bond donors (Lipinski definition) is 2. The average molecular weight is 437 g/mol. The fourth-order valence-corrected chi connectivity index (χ4v) is 2.82. The van der Waals surface area contributed by atoms with Crippen LogP contribution in [0.2, 0.25) is 0 Å². The molecule has 140 valence electrons. The third kappa shape index (κ3) is 4.67. The third-order valence-electron chi connectivity index (χ3n) is 3.89. The van der Waals surface area contributed by atoms with E-state index in [0.29, 0.717) is 23.6 Å². The van der Waals surface area contributed by atoms with Crippen molar-refractivity contribution in [2.45, 2.75) is 6.92 Å². The smallest absolute Gasteiger partial charge is 0.266 e. The molecule has 0 fully saturated rings. The summed E-state index contributed by atoms with van der Waals surface area (Å²) >= 11 is 3.40. The van der Waals surface area contributed by atoms with Gasteiger partial charge in [0.15, 0.2) is 0 Å². The second-order valence-corrected chi connectivity index (χ2v) is 6.70. The number of nitriles is 1. The van der Waals surface area contributed by atoms with E-state index in [9.17, 15) is 10.1 Å². The molecule has 0 unspecified atom stereocenters. The Hall–Kier alpha value is -3.37. The minimum absolute atomic E-state index is 0.0198. The van der Waals surface area contributed by atoms with E-state index in [1.54, 1.807) is 30.5 Å². The van der Waals surface area contributed by atoms with Crippen molar-refractivity contribution >= 4 is 33.6 Å². The normalized spacial score (nSPS) is 11.0. The second-order valence-electron chi connectivity index (χ2n) is 5.79. The van der Waals surface area contributed by atoms with Gasteiger partial charge in [0.1, 0.15) is 17.4 Å². The van der Waals surface area contributed by atoms with E-state index in [0.717, 1.165) is 15.7 Å². The molecule has 28 heavy (non-hydrogen) atoms. The third-order valence-corrected chi connectivity index (χ3v) is 4.42. The number of benzene rings is 2. The van der Waals surface area contributed by atoms with Crippen LogP contribution in [0.3, 0.4) is 0 Å². The highest BCUT2D eigenvalue weighted by atomic mass is 79.9. The van der Waals surface area contributed by atoms with Gasteiger partial charge >= 0.3 is 0 Å². The van der Waals surface area contributed by atoms with Crippen LogP contribution < -0.4 is 10.1 Å². The number of anilines is 1. The zero-order chi connectivity index (χ0) is 19.9. The molecule has 1 amide bonds. The van der Waals surface area contributed by atoms with Crippen LogP contribution in [0.25, 0.3) is 17.3 Å². The number of nitrogens with zero attached hydrogens (tertiary/aromatic N) is 2. The highest BCUT2D eigenvalue weighted by Crippen LogP contribution is 2.25. The largest absolute Gasteiger partial charge is 0.494 e. The molecular formula is C21H17BrN4O2. The van der Waals surface area contributed by atoms with Crippen molar-refractivity contribution in [3.8, 4) is 23.1 Å². The minimum atomic E-state index is -0.491. The van der Waals surface area contributed by atoms with Crippen molar-refractivity contribution in [1.29, 1.82) is 5.26 Å². The fourth-order valence-electron chi connectivity index (χ4n) is 2.56. The Morgan fingerprint density at radius 1 is 1.25 bits per heavy atom. The molecule has 0 saturated heterocycles. The van der Waals surface area contributed by atoms with E-state index in [1.165, 1.54) is 6.08 Å². The summed E-state index contributed by atoms with van der Waals surface area (Å²) in [6.07, 6.45) is 3.10. The minimum Gasteiger partial charge on any atom is -0.494 e. The van der Waals surface area contributed by atoms with E-state index in [1.807, 2.05) is 37.3 Å². The number of carbonyl (C=O) groups is 1. The maximum atomic E-state index is 12.5. The van der Waals surface area contributed by atoms with Gasteiger partial charge in [0.2, 0.25) is 0 Å². The molecular weight excluding hydrogens is 420 g/mol. The lowest BCUT2D eigenvalue weighted by atomic mass is 10.1. The maximum Gasteiger partial charge on any atom is 0.266 e. The molecule has 3 rings (SSSR count). The molecule has 6 nitrogen and oxygen atoms in total. The van der Waals surface area contributed by atoms with Crippen LogP contribution in [0.15, 0.2) is 64.8 Å². The first-order chi connectivity index (χ1) is 13.6. The van der Waals surface area contributed by atoms with Crippen molar-refractivity contribution in [2.75, 3.05) is 11.9 Å². The zero-order valence-electron chi connectivity index (χ0n) is 15.1. The van der Waals surface area contributed by atoms with Crippen LogP contribution >= 0.6 is 15.9 Å². The van der Waals surface area contributed by atoms with Gasteiger partial charge in [-0.3, -0.25) is 9.89 Å². The van der Waals surface area contributed by atoms with Crippen LogP contribution in [0.4, 0.5) is 5.69 Å². The summed E-state index contributed by atoms with van der Waals surface area (Å²) in [6, 6.07) is 16.6. The molecule has 3 aromatic rings. The molecule has 0 atom stereocenters. The first kappa shape index (κ1) is 19.4. The van der Waals surface area contributed by atoms with Crippen LogP contribution in [0, 0.1) is 11.3 Å². The summed E-state index contributed by atoms with van der Waals surface area (Å²) in [5.41, 5.74) is 2.84. The van der Waals surface area contributed by atoms with Gasteiger partial charge in [-0.25, -0.2) is 0 Å². The first-order valence-electron chi connectivity index (χ1n) is 8.56. The van der Waals surface area contributed by atoms with Gasteiger partial charge in [0, 0.05) is 21.3 Å². The number of aromatic amines is 1. The van der Waals surface area contributed by atoms with Gasteiger partial charge in [-0.05, 0) is 49.4 Å². The second kappa shape index (κ2) is 9.02. The molecule has 2 aromatic carbocycles. The number of nitrogens with one attached hydrogen (secondary N) is 2. The SMILES string of the molecule is CCOc1ccc(NC(=O)C(C#N)=Cc2cn[nH]c2-c2ccc(Br)cc2)cc1. The number of carbonyl (C=O) groups excluding carboxylic acids is 1. The zero-order valence-corrected chi connectivity index (χ0v) is 16.7. The quantitative estimate of drug-likeness (QED) is 0.429. The molecule has 1 aromatic heterocycles. The molecule has 0 radical (unpaired) electrons. The molecule has 1 heterocycles. The Labute approximate surface area is 171 Å². The molecule has 0 bridgehead atoms. The van der Waals surface area contributed by atoms with E-state index < -0.39 is 5.91 Å². The van der Waals surface area contributed by atoms with Gasteiger partial charge in [-0.15, -0.1) is 0 Å². The highest BCUT2D eigenvalue weighted by Gasteiger charge is 2.13. The lowest BCUT2D eigenvalue weighted by Gasteiger charge is -2.07. The van der Waals surface area contributed by atoms with Crippen molar-refractivity contribution < 1.29 is 9.53 Å². The fraction of sp³-hybridized carbons (Fsp3) is 0.0952. The molecule has 0 saturated carbocycles. The number of halogens is 1. The average Bonchev–Trinajstić information content (AvgIpc) is 3.16. The summed E-state index contributed by atoms with van der Waals surface area (Å²) < 4.78 is 6.34. The van der Waals surface area contributed by atoms with E-state index in [2.05, 4.69) is 31.4 Å². The summed E-state index contributed by atoms with van der Waals surface area (Å²) in [7, 11) is 0. The predicted molar refractivity (Wildman–Crippen MR) is 112 cm³/mol. The Morgan fingerprint density at radius 3 is 2.61 bits per heavy atom. The number of H-pyrrole nitrogens is 1. The van der Waals surface area contributed by atoms with Gasteiger partial charge < -0.3 is 10.1 Å². The number of amides is 1. The predicted octanol–water partition coefficient (Wildman–Crippen LogP) is 4.78. The molecule has 0 aliphatic heterocycles. The van der Waals surface area contributed by atoms with Gasteiger partial charge in [0.05, 0.1) is 18.5 Å². The molecule has 7 heteroatoms. The van der Waals surface area contributed by atoms with Gasteiger partial charge in [-0.2, -0.15) is 10.4 Å². The summed E-state index contributed by atoms with van der Waals surface area (Å²) in [6.45, 7) is 2.47. The summed E-state index contributed by atoms with van der Waals surface area (Å²) in [5.74, 6) is 0.226. The Kier molecular flexibility index (Phi) is 6.25. The Bertz CT molecular complexity index is 1030. The van der Waals surface area contributed by atoms with Crippen molar-refractivity contribution in [1.82, 2.24) is 10.2 Å². The number of aromatic nitrogens is 2. The van der Waals surface area contributed by atoms with Crippen molar-refractivity contribution in [3.63, 3.8) is 0 Å². The topological polar surface area (TPSA) is 90.8 Å². The highest BCUT2D eigenvalue weighted by molar-refractivity contribution is 9.10. The standard InChI is InChI=1S/C21H17BrN4O2/c1-2-28-19-9-7-18(8-10-19)25-21(27)15(12-23)11-16-13-24-26-20(16)14-3-5-17(22)6-4-14/h3-11,13H,2H2,1H3,(H,24,26)(H,25,27). The number of hydrogen-bond acceptors (Lipinski definition) is 4. The number of rotatable bonds is 6. The molecule has 0 aliphatic carbocycles. The molecule has 2 N–H and O–H groups in total. The van der Waals surface area contributed by atoms with E-state index >= 15 is 0 Å².